The number of hydrogen-bond acceptors (Lipinski definition) is 9. The molecule has 23 heavy (non-hydrogen) atoms. The SMILES string of the molecule is CC(=O)OCC1O[C@@H]2OC(C)=NC2C(OC(C)=O)=C1OC(C)=O. The molecule has 0 radical (unpaired) electrons. The molecule has 0 saturated heterocycles. The van der Waals surface area contributed by atoms with Crippen molar-refractivity contribution >= 4 is 23.8 Å². The van der Waals surface area contributed by atoms with Crippen molar-refractivity contribution < 1.29 is 38.1 Å². The molecule has 0 aromatic heterocycles. The smallest absolute Gasteiger partial charge is 0.307 e. The second-order valence-electron chi connectivity index (χ2n) is 4.92. The maximum absolute atomic E-state index is 11.4. The van der Waals surface area contributed by atoms with Crippen LogP contribution >= 0.6 is 0 Å². The molecule has 2 aliphatic heterocycles. The van der Waals surface area contributed by atoms with Crippen LogP contribution in [0.2, 0.25) is 0 Å². The van der Waals surface area contributed by atoms with Crippen LogP contribution in [0.5, 0.6) is 0 Å². The summed E-state index contributed by atoms with van der Waals surface area (Å²) in [5, 5.41) is 0. The van der Waals surface area contributed by atoms with E-state index in [1.807, 2.05) is 0 Å². The summed E-state index contributed by atoms with van der Waals surface area (Å²) in [6, 6.07) is -0.776. The molecular formula is C14H17NO8. The minimum Gasteiger partial charge on any atom is -0.463 e. The lowest BCUT2D eigenvalue weighted by Crippen LogP contribution is -2.43. The Bertz CT molecular complexity index is 594. The third-order valence-electron chi connectivity index (χ3n) is 2.91. The summed E-state index contributed by atoms with van der Waals surface area (Å²) >= 11 is 0. The van der Waals surface area contributed by atoms with Crippen molar-refractivity contribution in [3.05, 3.63) is 11.5 Å². The lowest BCUT2D eigenvalue weighted by Gasteiger charge is -2.32. The van der Waals surface area contributed by atoms with Crippen LogP contribution in [0.1, 0.15) is 27.7 Å². The first-order valence-electron chi connectivity index (χ1n) is 6.88. The minimum absolute atomic E-state index is 0.0120. The molecule has 3 atom stereocenters. The van der Waals surface area contributed by atoms with Gasteiger partial charge in [-0.05, 0) is 0 Å². The second-order valence-corrected chi connectivity index (χ2v) is 4.92. The molecule has 2 heterocycles. The van der Waals surface area contributed by atoms with Crippen molar-refractivity contribution in [3.63, 3.8) is 0 Å². The zero-order chi connectivity index (χ0) is 17.1. The van der Waals surface area contributed by atoms with Crippen molar-refractivity contribution in [2.24, 2.45) is 4.99 Å². The van der Waals surface area contributed by atoms with E-state index < -0.39 is 36.3 Å². The van der Waals surface area contributed by atoms with E-state index in [9.17, 15) is 14.4 Å². The molecule has 9 heteroatoms. The predicted octanol–water partition coefficient (Wildman–Crippen LogP) is 0.429. The van der Waals surface area contributed by atoms with E-state index in [2.05, 4.69) is 4.99 Å². The van der Waals surface area contributed by atoms with Crippen LogP contribution in [0.4, 0.5) is 0 Å². The summed E-state index contributed by atoms with van der Waals surface area (Å²) in [4.78, 5) is 37.9. The Morgan fingerprint density at radius 1 is 1.04 bits per heavy atom. The number of fused-ring (bicyclic) bond motifs is 1. The summed E-state index contributed by atoms with van der Waals surface area (Å²) in [6.45, 7) is 5.00. The van der Waals surface area contributed by atoms with Gasteiger partial charge in [0.2, 0.25) is 6.29 Å². The zero-order valence-corrected chi connectivity index (χ0v) is 13.2. The van der Waals surface area contributed by atoms with Gasteiger partial charge in [-0.25, -0.2) is 4.99 Å². The highest BCUT2D eigenvalue weighted by molar-refractivity contribution is 5.76. The molecule has 0 spiro atoms. The molecule has 0 amide bonds. The second kappa shape index (κ2) is 6.78. The Balaban J connectivity index is 2.39. The third kappa shape index (κ3) is 4.07. The first kappa shape index (κ1) is 16.9. The van der Waals surface area contributed by atoms with Gasteiger partial charge in [0.15, 0.2) is 29.6 Å². The predicted molar refractivity (Wildman–Crippen MR) is 73.8 cm³/mol. The molecule has 0 aliphatic carbocycles. The summed E-state index contributed by atoms with van der Waals surface area (Å²) < 4.78 is 26.2. The molecule has 2 aliphatic rings. The van der Waals surface area contributed by atoms with Crippen LogP contribution in [0.3, 0.4) is 0 Å². The molecule has 0 fully saturated rings. The van der Waals surface area contributed by atoms with Gasteiger partial charge in [0.05, 0.1) is 0 Å². The van der Waals surface area contributed by atoms with E-state index >= 15 is 0 Å². The van der Waals surface area contributed by atoms with Crippen molar-refractivity contribution in [3.8, 4) is 0 Å². The zero-order valence-electron chi connectivity index (χ0n) is 13.2. The van der Waals surface area contributed by atoms with E-state index in [1.54, 1.807) is 6.92 Å². The van der Waals surface area contributed by atoms with Crippen LogP contribution in [0.15, 0.2) is 16.5 Å². The fraction of sp³-hybridized carbons (Fsp3) is 0.571. The van der Waals surface area contributed by atoms with Gasteiger partial charge in [0.1, 0.15) is 6.61 Å². The van der Waals surface area contributed by atoms with Gasteiger partial charge in [0, 0.05) is 27.7 Å². The van der Waals surface area contributed by atoms with E-state index in [4.69, 9.17) is 23.7 Å². The van der Waals surface area contributed by atoms with Crippen LogP contribution in [-0.4, -0.2) is 48.8 Å². The highest BCUT2D eigenvalue weighted by atomic mass is 16.7. The van der Waals surface area contributed by atoms with Gasteiger partial charge >= 0.3 is 17.9 Å². The quantitative estimate of drug-likeness (QED) is 0.540. The molecule has 2 rings (SSSR count). The number of carbonyl (C=O) groups excluding carboxylic acids is 3. The fourth-order valence-corrected chi connectivity index (χ4v) is 2.18. The minimum atomic E-state index is -0.959. The Kier molecular flexibility index (Phi) is 4.99. The normalized spacial score (nSPS) is 25.9. The average Bonchev–Trinajstić information content (AvgIpc) is 2.78. The molecule has 0 saturated carbocycles. The van der Waals surface area contributed by atoms with Crippen molar-refractivity contribution in [1.29, 1.82) is 0 Å². The number of carbonyl (C=O) groups is 3. The number of aliphatic imine (C=N–C) groups is 1. The Hall–Kier alpha value is -2.42. The number of hydrogen-bond donors (Lipinski definition) is 0. The first-order chi connectivity index (χ1) is 10.8. The monoisotopic (exact) mass is 327 g/mol. The largest absolute Gasteiger partial charge is 0.463 e. The summed E-state index contributed by atoms with van der Waals surface area (Å²) in [7, 11) is 0. The van der Waals surface area contributed by atoms with Gasteiger partial charge in [-0.2, -0.15) is 0 Å². The van der Waals surface area contributed by atoms with Gasteiger partial charge in [0.25, 0.3) is 0 Å². The lowest BCUT2D eigenvalue weighted by atomic mass is 10.1. The van der Waals surface area contributed by atoms with Crippen LogP contribution in [0.25, 0.3) is 0 Å². The standard InChI is InChI=1S/C14H17NO8/c1-6-15-11-13(22-9(4)18)12(21-8(3)17)10(5-19-7(2)16)23-14(11)20-6/h10-11,14H,5H2,1-4H3/t10?,11?,14-/m0/s1. The Labute approximate surface area is 132 Å². The summed E-state index contributed by atoms with van der Waals surface area (Å²) in [5.74, 6) is -1.50. The number of esters is 3. The van der Waals surface area contributed by atoms with E-state index in [1.165, 1.54) is 20.8 Å². The fourth-order valence-electron chi connectivity index (χ4n) is 2.18. The van der Waals surface area contributed by atoms with E-state index in [0.717, 1.165) is 0 Å². The molecule has 9 nitrogen and oxygen atoms in total. The number of nitrogens with zero attached hydrogens (tertiary/aromatic N) is 1. The molecule has 0 aromatic carbocycles. The molecule has 0 bridgehead atoms. The van der Waals surface area contributed by atoms with Crippen LogP contribution in [0, 0.1) is 0 Å². The van der Waals surface area contributed by atoms with Crippen LogP contribution < -0.4 is 0 Å². The van der Waals surface area contributed by atoms with Gasteiger partial charge in [-0.1, -0.05) is 0 Å². The van der Waals surface area contributed by atoms with Gasteiger partial charge < -0.3 is 23.7 Å². The number of rotatable bonds is 4. The highest BCUT2D eigenvalue weighted by Gasteiger charge is 2.46. The lowest BCUT2D eigenvalue weighted by molar-refractivity contribution is -0.176. The highest BCUT2D eigenvalue weighted by Crippen LogP contribution is 2.34. The first-order valence-corrected chi connectivity index (χ1v) is 6.88. The van der Waals surface area contributed by atoms with Gasteiger partial charge in [-0.15, -0.1) is 0 Å². The van der Waals surface area contributed by atoms with Crippen molar-refractivity contribution in [2.45, 2.75) is 46.1 Å². The maximum atomic E-state index is 11.4. The van der Waals surface area contributed by atoms with E-state index in [0.29, 0.717) is 5.90 Å². The van der Waals surface area contributed by atoms with E-state index in [-0.39, 0.29) is 18.1 Å². The summed E-state index contributed by atoms with van der Waals surface area (Å²) in [6.07, 6.45) is -1.82. The molecule has 0 N–H and O–H groups in total. The third-order valence-corrected chi connectivity index (χ3v) is 2.91. The van der Waals surface area contributed by atoms with Crippen molar-refractivity contribution in [2.75, 3.05) is 6.61 Å². The van der Waals surface area contributed by atoms with Crippen molar-refractivity contribution in [1.82, 2.24) is 0 Å². The molecule has 126 valence electrons. The van der Waals surface area contributed by atoms with Gasteiger partial charge in [-0.3, -0.25) is 14.4 Å². The summed E-state index contributed by atoms with van der Waals surface area (Å²) in [5.41, 5.74) is 0. The van der Waals surface area contributed by atoms with Crippen LogP contribution in [-0.2, 0) is 38.1 Å². The number of ether oxygens (including phenoxy) is 5. The maximum Gasteiger partial charge on any atom is 0.307 e. The topological polar surface area (TPSA) is 110 Å². The Morgan fingerprint density at radius 3 is 2.22 bits per heavy atom. The molecule has 2 unspecified atom stereocenters. The average molecular weight is 327 g/mol. The molecule has 0 aromatic rings. The molecular weight excluding hydrogens is 310 g/mol. The Morgan fingerprint density at radius 2 is 1.65 bits per heavy atom.